The Hall–Kier alpha value is -2.22. The van der Waals surface area contributed by atoms with Gasteiger partial charge in [0.2, 0.25) is 5.91 Å². The first-order valence-corrected chi connectivity index (χ1v) is 10.3. The van der Waals surface area contributed by atoms with E-state index in [1.165, 1.54) is 23.2 Å². The molecule has 0 unspecified atom stereocenters. The minimum absolute atomic E-state index is 0.0161. The number of halogens is 2. The fraction of sp³-hybridized carbons (Fsp3) is 0.150. The Morgan fingerprint density at radius 3 is 2.75 bits per heavy atom. The van der Waals surface area contributed by atoms with Crippen molar-refractivity contribution < 1.29 is 14.3 Å². The lowest BCUT2D eigenvalue weighted by atomic mass is 10.2. The van der Waals surface area contributed by atoms with E-state index in [1.54, 1.807) is 23.6 Å². The molecule has 8 heteroatoms. The number of carbonyl (C=O) groups excluding carboxylic acids is 2. The van der Waals surface area contributed by atoms with Gasteiger partial charge in [-0.1, -0.05) is 39.7 Å². The Balaban J connectivity index is 1.75. The van der Waals surface area contributed by atoms with Crippen LogP contribution in [0, 0.1) is 6.92 Å². The number of nitrogens with zero attached hydrogens (tertiary/aromatic N) is 2. The van der Waals surface area contributed by atoms with Crippen molar-refractivity contribution >= 4 is 61.6 Å². The predicted octanol–water partition coefficient (Wildman–Crippen LogP) is 5.91. The fourth-order valence-corrected chi connectivity index (χ4v) is 3.96. The van der Waals surface area contributed by atoms with E-state index >= 15 is 0 Å². The highest BCUT2D eigenvalue weighted by atomic mass is 79.9. The van der Waals surface area contributed by atoms with Crippen molar-refractivity contribution in [3.63, 3.8) is 0 Å². The van der Waals surface area contributed by atoms with Crippen molar-refractivity contribution in [2.24, 2.45) is 0 Å². The maximum Gasteiger partial charge on any atom is 0.340 e. The molecule has 3 aromatic rings. The highest BCUT2D eigenvalue weighted by Crippen LogP contribution is 2.30. The first-order valence-electron chi connectivity index (χ1n) is 8.29. The molecule has 0 atom stereocenters. The number of thiazole rings is 1. The summed E-state index contributed by atoms with van der Waals surface area (Å²) in [6.45, 7) is 3.43. The van der Waals surface area contributed by atoms with Gasteiger partial charge in [0.1, 0.15) is 6.61 Å². The average Bonchev–Trinajstić information content (AvgIpc) is 3.10. The van der Waals surface area contributed by atoms with Crippen molar-refractivity contribution in [3.8, 4) is 0 Å². The Kier molecular flexibility index (Phi) is 6.49. The summed E-state index contributed by atoms with van der Waals surface area (Å²) in [6.07, 6.45) is 0. The zero-order chi connectivity index (χ0) is 20.3. The maximum absolute atomic E-state index is 12.3. The van der Waals surface area contributed by atoms with Crippen LogP contribution in [-0.2, 0) is 16.1 Å². The number of amides is 1. The lowest BCUT2D eigenvalue weighted by Crippen LogP contribution is -2.22. The number of rotatable bonds is 5. The molecule has 0 aliphatic rings. The van der Waals surface area contributed by atoms with Gasteiger partial charge in [-0.25, -0.2) is 9.78 Å². The zero-order valence-corrected chi connectivity index (χ0v) is 18.3. The number of ether oxygens (including phenoxy) is 1. The van der Waals surface area contributed by atoms with Gasteiger partial charge < -0.3 is 4.74 Å². The van der Waals surface area contributed by atoms with Crippen LogP contribution < -0.4 is 4.90 Å². The maximum atomic E-state index is 12.3. The van der Waals surface area contributed by atoms with Gasteiger partial charge in [0.15, 0.2) is 5.13 Å². The number of carbonyl (C=O) groups is 2. The topological polar surface area (TPSA) is 59.5 Å². The van der Waals surface area contributed by atoms with E-state index in [0.717, 1.165) is 15.7 Å². The largest absolute Gasteiger partial charge is 0.456 e. The molecule has 0 saturated heterocycles. The second-order valence-corrected chi connectivity index (χ2v) is 8.17. The second-order valence-electron chi connectivity index (χ2n) is 6.02. The van der Waals surface area contributed by atoms with Crippen LogP contribution in [0.1, 0.15) is 28.5 Å². The summed E-state index contributed by atoms with van der Waals surface area (Å²) >= 11 is 10.7. The smallest absolute Gasteiger partial charge is 0.340 e. The molecular weight excluding hydrogens is 464 g/mol. The standard InChI is InChI=1S/C20H16BrClN2O3S/c1-12-4-3-5-16(8-12)24(13(2)25)20-23-15(11-28-20)10-27-19(26)17-9-14(21)6-7-18(17)22/h3-9,11H,10H2,1-2H3. The van der Waals surface area contributed by atoms with E-state index in [4.69, 9.17) is 16.3 Å². The Bertz CT molecular complexity index is 1040. The van der Waals surface area contributed by atoms with Gasteiger partial charge >= 0.3 is 5.97 Å². The highest BCUT2D eigenvalue weighted by Gasteiger charge is 2.19. The summed E-state index contributed by atoms with van der Waals surface area (Å²) in [5, 5.41) is 2.59. The second kappa shape index (κ2) is 8.86. The molecule has 0 aliphatic carbocycles. The van der Waals surface area contributed by atoms with Gasteiger partial charge in [-0.3, -0.25) is 9.69 Å². The summed E-state index contributed by atoms with van der Waals surface area (Å²) in [5.74, 6) is -0.688. The lowest BCUT2D eigenvalue weighted by Gasteiger charge is -2.18. The molecule has 5 nitrogen and oxygen atoms in total. The van der Waals surface area contributed by atoms with E-state index in [1.807, 2.05) is 31.2 Å². The number of aromatic nitrogens is 1. The average molecular weight is 480 g/mol. The molecule has 0 aliphatic heterocycles. The summed E-state index contributed by atoms with van der Waals surface area (Å²) in [4.78, 5) is 30.4. The molecular formula is C20H16BrClN2O3S. The minimum Gasteiger partial charge on any atom is -0.456 e. The number of hydrogen-bond acceptors (Lipinski definition) is 5. The van der Waals surface area contributed by atoms with Crippen LogP contribution in [0.3, 0.4) is 0 Å². The van der Waals surface area contributed by atoms with Gasteiger partial charge in [0, 0.05) is 16.8 Å². The quantitative estimate of drug-likeness (QED) is 0.427. The van der Waals surface area contributed by atoms with Crippen molar-refractivity contribution in [2.45, 2.75) is 20.5 Å². The first-order chi connectivity index (χ1) is 13.3. The lowest BCUT2D eigenvalue weighted by molar-refractivity contribution is -0.115. The summed E-state index contributed by atoms with van der Waals surface area (Å²) < 4.78 is 6.06. The van der Waals surface area contributed by atoms with Crippen molar-refractivity contribution in [2.75, 3.05) is 4.90 Å². The van der Waals surface area contributed by atoms with Crippen molar-refractivity contribution in [3.05, 3.63) is 74.2 Å². The van der Waals surface area contributed by atoms with Crippen molar-refractivity contribution in [1.82, 2.24) is 4.98 Å². The molecule has 28 heavy (non-hydrogen) atoms. The third-order valence-electron chi connectivity index (χ3n) is 3.81. The fourth-order valence-electron chi connectivity index (χ4n) is 2.53. The molecule has 0 bridgehead atoms. The Morgan fingerprint density at radius 1 is 1.25 bits per heavy atom. The molecule has 0 N–H and O–H groups in total. The van der Waals surface area contributed by atoms with Gasteiger partial charge in [0.05, 0.1) is 22.0 Å². The van der Waals surface area contributed by atoms with Crippen LogP contribution in [0.25, 0.3) is 0 Å². The third kappa shape index (κ3) is 4.79. The number of esters is 1. The number of aryl methyl sites for hydroxylation is 1. The number of anilines is 2. The van der Waals surface area contributed by atoms with Gasteiger partial charge in [-0.15, -0.1) is 11.3 Å². The number of hydrogen-bond donors (Lipinski definition) is 0. The SMILES string of the molecule is CC(=O)N(c1cccc(C)c1)c1nc(COC(=O)c2cc(Br)ccc2Cl)cs1. The minimum atomic E-state index is -0.539. The first kappa shape index (κ1) is 20.5. The van der Waals surface area contributed by atoms with E-state index in [-0.39, 0.29) is 18.1 Å². The highest BCUT2D eigenvalue weighted by molar-refractivity contribution is 9.10. The summed E-state index contributed by atoms with van der Waals surface area (Å²) in [7, 11) is 0. The molecule has 1 aromatic heterocycles. The van der Waals surface area contributed by atoms with Crippen LogP contribution in [0.4, 0.5) is 10.8 Å². The number of benzene rings is 2. The van der Waals surface area contributed by atoms with E-state index in [0.29, 0.717) is 15.8 Å². The molecule has 1 heterocycles. The molecule has 0 saturated carbocycles. The normalized spacial score (nSPS) is 10.6. The van der Waals surface area contributed by atoms with E-state index in [2.05, 4.69) is 20.9 Å². The molecule has 1 amide bonds. The molecule has 0 spiro atoms. The van der Waals surface area contributed by atoms with E-state index in [9.17, 15) is 9.59 Å². The molecule has 3 rings (SSSR count). The molecule has 144 valence electrons. The van der Waals surface area contributed by atoms with Crippen LogP contribution in [-0.4, -0.2) is 16.9 Å². The monoisotopic (exact) mass is 478 g/mol. The zero-order valence-electron chi connectivity index (χ0n) is 15.1. The summed E-state index contributed by atoms with van der Waals surface area (Å²) in [6, 6.07) is 12.6. The van der Waals surface area contributed by atoms with Gasteiger partial charge in [-0.05, 0) is 42.8 Å². The Morgan fingerprint density at radius 2 is 2.04 bits per heavy atom. The van der Waals surface area contributed by atoms with Gasteiger partial charge in [-0.2, -0.15) is 0 Å². The predicted molar refractivity (Wildman–Crippen MR) is 114 cm³/mol. The molecule has 2 aromatic carbocycles. The van der Waals surface area contributed by atoms with Crippen molar-refractivity contribution in [1.29, 1.82) is 0 Å². The van der Waals surface area contributed by atoms with Gasteiger partial charge in [0.25, 0.3) is 0 Å². The molecule has 0 fully saturated rings. The third-order valence-corrected chi connectivity index (χ3v) is 5.50. The van der Waals surface area contributed by atoms with Crippen LogP contribution in [0.2, 0.25) is 5.02 Å². The van der Waals surface area contributed by atoms with Crippen LogP contribution in [0.5, 0.6) is 0 Å². The van der Waals surface area contributed by atoms with Crippen LogP contribution in [0.15, 0.2) is 52.3 Å². The summed E-state index contributed by atoms with van der Waals surface area (Å²) in [5.41, 5.74) is 2.61. The van der Waals surface area contributed by atoms with E-state index < -0.39 is 5.97 Å². The Labute approximate surface area is 180 Å². The molecule has 0 radical (unpaired) electrons. The van der Waals surface area contributed by atoms with Crippen LogP contribution >= 0.6 is 38.9 Å².